The third kappa shape index (κ3) is 2.07. The molecule has 0 saturated heterocycles. The zero-order chi connectivity index (χ0) is 15.1. The molecule has 2 aromatic heterocycles. The first kappa shape index (κ1) is 12.5. The summed E-state index contributed by atoms with van der Waals surface area (Å²) in [6.07, 6.45) is 0. The van der Waals surface area contributed by atoms with E-state index in [1.165, 1.54) is 0 Å². The number of amides is 1. The minimum Gasteiger partial charge on any atom is -0.451 e. The average Bonchev–Trinajstić information content (AvgIpc) is 3.08. The highest BCUT2D eigenvalue weighted by Gasteiger charge is 2.13. The van der Waals surface area contributed by atoms with E-state index in [9.17, 15) is 9.59 Å². The summed E-state index contributed by atoms with van der Waals surface area (Å²) in [7, 11) is 0. The molecule has 0 unspecified atom stereocenters. The molecule has 4 rings (SSSR count). The van der Waals surface area contributed by atoms with Crippen molar-refractivity contribution in [3.05, 3.63) is 64.8 Å². The Morgan fingerprint density at radius 3 is 2.73 bits per heavy atom. The first-order chi connectivity index (χ1) is 10.7. The summed E-state index contributed by atoms with van der Waals surface area (Å²) in [5.74, 6) is -0.667. The van der Waals surface area contributed by atoms with Crippen molar-refractivity contribution in [2.45, 2.75) is 0 Å². The maximum atomic E-state index is 12.2. The second-order valence-corrected chi connectivity index (χ2v) is 4.83. The molecule has 0 saturated carbocycles. The van der Waals surface area contributed by atoms with Gasteiger partial charge in [-0.15, -0.1) is 0 Å². The maximum Gasteiger partial charge on any atom is 0.417 e. The van der Waals surface area contributed by atoms with E-state index in [2.05, 4.69) is 10.3 Å². The lowest BCUT2D eigenvalue weighted by atomic mass is 10.2. The quantitative estimate of drug-likeness (QED) is 0.594. The first-order valence-electron chi connectivity index (χ1n) is 6.62. The number of para-hydroxylation sites is 1. The van der Waals surface area contributed by atoms with Crippen molar-refractivity contribution in [3.8, 4) is 0 Å². The molecule has 0 atom stereocenters. The Morgan fingerprint density at radius 2 is 1.86 bits per heavy atom. The number of anilines is 1. The van der Waals surface area contributed by atoms with Crippen molar-refractivity contribution in [1.29, 1.82) is 0 Å². The summed E-state index contributed by atoms with van der Waals surface area (Å²) < 4.78 is 10.4. The van der Waals surface area contributed by atoms with Crippen LogP contribution in [0.25, 0.3) is 22.1 Å². The third-order valence-corrected chi connectivity index (χ3v) is 3.33. The van der Waals surface area contributed by atoms with Crippen molar-refractivity contribution in [1.82, 2.24) is 4.98 Å². The van der Waals surface area contributed by atoms with Gasteiger partial charge >= 0.3 is 5.76 Å². The van der Waals surface area contributed by atoms with Crippen LogP contribution >= 0.6 is 0 Å². The molecule has 0 aliphatic heterocycles. The highest BCUT2D eigenvalue weighted by molar-refractivity contribution is 6.05. The van der Waals surface area contributed by atoms with Gasteiger partial charge in [0, 0.05) is 11.1 Å². The molecule has 6 heteroatoms. The lowest BCUT2D eigenvalue weighted by Gasteiger charge is -2.02. The van der Waals surface area contributed by atoms with Crippen LogP contribution in [-0.2, 0) is 0 Å². The lowest BCUT2D eigenvalue weighted by molar-refractivity contribution is 0.0998. The molecule has 0 aliphatic rings. The van der Waals surface area contributed by atoms with Crippen molar-refractivity contribution in [2.75, 3.05) is 5.32 Å². The molecule has 4 aromatic rings. The molecule has 0 fully saturated rings. The van der Waals surface area contributed by atoms with Crippen LogP contribution in [0, 0.1) is 0 Å². The number of hydrogen-bond acceptors (Lipinski definition) is 4. The molecule has 108 valence electrons. The number of H-pyrrole nitrogens is 1. The Hall–Kier alpha value is -3.28. The van der Waals surface area contributed by atoms with E-state index in [1.807, 2.05) is 18.2 Å². The second kappa shape index (κ2) is 4.63. The van der Waals surface area contributed by atoms with Gasteiger partial charge < -0.3 is 14.2 Å². The Bertz CT molecular complexity index is 1020. The zero-order valence-electron chi connectivity index (χ0n) is 11.3. The molecule has 2 N–H and O–H groups in total. The largest absolute Gasteiger partial charge is 0.451 e. The monoisotopic (exact) mass is 294 g/mol. The van der Waals surface area contributed by atoms with E-state index in [4.69, 9.17) is 8.83 Å². The van der Waals surface area contributed by atoms with Gasteiger partial charge in [0.25, 0.3) is 5.91 Å². The van der Waals surface area contributed by atoms with Gasteiger partial charge in [0.05, 0.1) is 5.52 Å². The van der Waals surface area contributed by atoms with Gasteiger partial charge in [0.2, 0.25) is 0 Å². The second-order valence-electron chi connectivity index (χ2n) is 4.83. The van der Waals surface area contributed by atoms with Crippen molar-refractivity contribution >= 4 is 33.7 Å². The number of oxazole rings is 1. The van der Waals surface area contributed by atoms with Crippen LogP contribution in [0.5, 0.6) is 0 Å². The fourth-order valence-electron chi connectivity index (χ4n) is 2.32. The predicted octanol–water partition coefficient (Wildman–Crippen LogP) is 3.12. The van der Waals surface area contributed by atoms with E-state index in [1.54, 1.807) is 30.3 Å². The van der Waals surface area contributed by atoms with Crippen molar-refractivity contribution in [2.24, 2.45) is 0 Å². The van der Waals surface area contributed by atoms with Crippen LogP contribution < -0.4 is 11.1 Å². The Kier molecular flexibility index (Phi) is 2.62. The lowest BCUT2D eigenvalue weighted by Crippen LogP contribution is -2.10. The smallest absolute Gasteiger partial charge is 0.417 e. The molecule has 1 amide bonds. The SMILES string of the molecule is O=C(Nc1ccc2oc(=O)[nH]c2c1)c1cc2ccccc2o1. The summed E-state index contributed by atoms with van der Waals surface area (Å²) in [4.78, 5) is 25.9. The molecule has 0 aliphatic carbocycles. The number of hydrogen-bond donors (Lipinski definition) is 2. The standard InChI is InChI=1S/C16H10N2O4/c19-15(14-7-9-3-1-2-4-12(9)21-14)17-10-5-6-13-11(8-10)18-16(20)22-13/h1-8H,(H,17,19)(H,18,20). The van der Waals surface area contributed by atoms with E-state index >= 15 is 0 Å². The van der Waals surface area contributed by atoms with Gasteiger partial charge in [-0.05, 0) is 30.3 Å². The summed E-state index contributed by atoms with van der Waals surface area (Å²) in [5.41, 5.74) is 2.15. The number of carbonyl (C=O) groups is 1. The molecule has 22 heavy (non-hydrogen) atoms. The van der Waals surface area contributed by atoms with Gasteiger partial charge in [0.15, 0.2) is 11.3 Å². The van der Waals surface area contributed by atoms with Gasteiger partial charge in [0.1, 0.15) is 5.58 Å². The van der Waals surface area contributed by atoms with Gasteiger partial charge in [-0.1, -0.05) is 18.2 Å². The molecule has 2 heterocycles. The zero-order valence-corrected chi connectivity index (χ0v) is 11.3. The highest BCUT2D eigenvalue weighted by Crippen LogP contribution is 2.21. The molecule has 0 spiro atoms. The topological polar surface area (TPSA) is 88.2 Å². The summed E-state index contributed by atoms with van der Waals surface area (Å²) in [5, 5.41) is 3.59. The van der Waals surface area contributed by atoms with Gasteiger partial charge in [-0.2, -0.15) is 0 Å². The van der Waals surface area contributed by atoms with E-state index in [0.29, 0.717) is 22.4 Å². The highest BCUT2D eigenvalue weighted by atomic mass is 16.4. The van der Waals surface area contributed by atoms with Crippen LogP contribution in [0.3, 0.4) is 0 Å². The normalized spacial score (nSPS) is 11.1. The van der Waals surface area contributed by atoms with Gasteiger partial charge in [-0.3, -0.25) is 9.78 Å². The number of benzene rings is 2. The van der Waals surface area contributed by atoms with E-state index < -0.39 is 5.76 Å². The number of fused-ring (bicyclic) bond motifs is 2. The molecular weight excluding hydrogens is 284 g/mol. The van der Waals surface area contributed by atoms with Crippen molar-refractivity contribution in [3.63, 3.8) is 0 Å². The van der Waals surface area contributed by atoms with E-state index in [0.717, 1.165) is 5.39 Å². The first-order valence-corrected chi connectivity index (χ1v) is 6.62. The fourth-order valence-corrected chi connectivity index (χ4v) is 2.32. The van der Waals surface area contributed by atoms with Crippen LogP contribution in [0.4, 0.5) is 5.69 Å². The van der Waals surface area contributed by atoms with Crippen LogP contribution in [0.15, 0.2) is 62.2 Å². The van der Waals surface area contributed by atoms with Crippen LogP contribution in [0.2, 0.25) is 0 Å². The Labute approximate surface area is 123 Å². The number of aromatic amines is 1. The molecule has 2 aromatic carbocycles. The summed E-state index contributed by atoms with van der Waals surface area (Å²) in [6, 6.07) is 14.0. The number of carbonyl (C=O) groups excluding carboxylic acids is 1. The molecule has 0 radical (unpaired) electrons. The number of rotatable bonds is 2. The minimum absolute atomic E-state index is 0.224. The minimum atomic E-state index is -0.532. The van der Waals surface area contributed by atoms with Crippen molar-refractivity contribution < 1.29 is 13.6 Å². The molecule has 6 nitrogen and oxygen atoms in total. The summed E-state index contributed by atoms with van der Waals surface area (Å²) >= 11 is 0. The predicted molar refractivity (Wildman–Crippen MR) is 81.0 cm³/mol. The number of aromatic nitrogens is 1. The fraction of sp³-hybridized carbons (Fsp3) is 0. The molecule has 0 bridgehead atoms. The summed E-state index contributed by atoms with van der Waals surface area (Å²) in [6.45, 7) is 0. The van der Waals surface area contributed by atoms with Gasteiger partial charge in [-0.25, -0.2) is 4.79 Å². The number of furan rings is 1. The third-order valence-electron chi connectivity index (χ3n) is 3.33. The van der Waals surface area contributed by atoms with Crippen LogP contribution in [-0.4, -0.2) is 10.9 Å². The Balaban J connectivity index is 1.65. The maximum absolute atomic E-state index is 12.2. The number of nitrogens with one attached hydrogen (secondary N) is 2. The van der Waals surface area contributed by atoms with E-state index in [-0.39, 0.29) is 11.7 Å². The van der Waals surface area contributed by atoms with Crippen LogP contribution in [0.1, 0.15) is 10.6 Å². The molecular formula is C16H10N2O4. The average molecular weight is 294 g/mol. The Morgan fingerprint density at radius 1 is 1.00 bits per heavy atom.